The Kier molecular flexibility index (Phi) is 4.50. The molecule has 1 heterocycles. The zero-order chi connectivity index (χ0) is 15.0. The predicted molar refractivity (Wildman–Crippen MR) is 91.3 cm³/mol. The molecule has 1 N–H and O–H groups in total. The first-order chi connectivity index (χ1) is 9.16. The number of hydrogen-bond donors (Lipinski definition) is 1. The topological polar surface area (TPSA) is 15.3 Å². The second-order valence-electron chi connectivity index (χ2n) is 7.71. The van der Waals surface area contributed by atoms with E-state index in [-0.39, 0.29) is 5.54 Å². The average Bonchev–Trinajstić information content (AvgIpc) is 2.66. The molecule has 112 valence electrons. The molecule has 0 atom stereocenters. The molecule has 1 saturated heterocycles. The van der Waals surface area contributed by atoms with Crippen LogP contribution >= 0.6 is 15.9 Å². The Balaban J connectivity index is 2.20. The third kappa shape index (κ3) is 4.23. The molecule has 20 heavy (non-hydrogen) atoms. The Bertz CT molecular complexity index is 474. The molecule has 0 radical (unpaired) electrons. The normalized spacial score (nSPS) is 18.6. The minimum atomic E-state index is 0.143. The van der Waals surface area contributed by atoms with Crippen LogP contribution < -0.4 is 10.2 Å². The van der Waals surface area contributed by atoms with E-state index in [0.29, 0.717) is 5.41 Å². The second kappa shape index (κ2) is 5.69. The van der Waals surface area contributed by atoms with E-state index >= 15 is 0 Å². The Hall–Kier alpha value is -0.540. The van der Waals surface area contributed by atoms with Gasteiger partial charge >= 0.3 is 0 Å². The standard InChI is InChI=1S/C17H27BrN2/c1-16(2,3)19-11-13-10-14(18)6-7-15(13)20-9-8-17(4,5)12-20/h6-7,10,19H,8-9,11-12H2,1-5H3. The fourth-order valence-electron chi connectivity index (χ4n) is 2.68. The summed E-state index contributed by atoms with van der Waals surface area (Å²) in [5.74, 6) is 0. The molecule has 0 bridgehead atoms. The van der Waals surface area contributed by atoms with Crippen molar-refractivity contribution in [2.45, 2.75) is 53.1 Å². The highest BCUT2D eigenvalue weighted by Crippen LogP contribution is 2.35. The van der Waals surface area contributed by atoms with Gasteiger partial charge in [0.15, 0.2) is 0 Å². The van der Waals surface area contributed by atoms with Crippen molar-refractivity contribution >= 4 is 21.6 Å². The lowest BCUT2D eigenvalue weighted by atomic mass is 9.93. The fraction of sp³-hybridized carbons (Fsp3) is 0.647. The molecular formula is C17H27BrN2. The maximum absolute atomic E-state index is 3.60. The predicted octanol–water partition coefficient (Wildman–Crippen LogP) is 4.57. The van der Waals surface area contributed by atoms with E-state index in [1.54, 1.807) is 0 Å². The van der Waals surface area contributed by atoms with Crippen LogP contribution in [0.1, 0.15) is 46.6 Å². The lowest BCUT2D eigenvalue weighted by Crippen LogP contribution is -2.35. The zero-order valence-corrected chi connectivity index (χ0v) is 15.0. The molecule has 0 aliphatic carbocycles. The van der Waals surface area contributed by atoms with Crippen LogP contribution in [-0.4, -0.2) is 18.6 Å². The van der Waals surface area contributed by atoms with Gasteiger partial charge in [0.2, 0.25) is 0 Å². The van der Waals surface area contributed by atoms with Crippen molar-refractivity contribution < 1.29 is 0 Å². The van der Waals surface area contributed by atoms with Crippen molar-refractivity contribution in [1.82, 2.24) is 5.32 Å². The highest BCUT2D eigenvalue weighted by Gasteiger charge is 2.30. The van der Waals surface area contributed by atoms with Gasteiger partial charge in [-0.05, 0) is 56.4 Å². The van der Waals surface area contributed by atoms with Gasteiger partial charge in [0, 0.05) is 35.3 Å². The van der Waals surface area contributed by atoms with E-state index in [1.807, 2.05) is 0 Å². The summed E-state index contributed by atoms with van der Waals surface area (Å²) in [6, 6.07) is 6.66. The third-order valence-electron chi connectivity index (χ3n) is 3.87. The summed E-state index contributed by atoms with van der Waals surface area (Å²) in [5.41, 5.74) is 3.34. The molecule has 1 aromatic carbocycles. The van der Waals surface area contributed by atoms with Crippen molar-refractivity contribution in [3.63, 3.8) is 0 Å². The van der Waals surface area contributed by atoms with Crippen LogP contribution in [0.5, 0.6) is 0 Å². The van der Waals surface area contributed by atoms with Gasteiger partial charge < -0.3 is 10.2 Å². The van der Waals surface area contributed by atoms with Crippen molar-refractivity contribution in [1.29, 1.82) is 0 Å². The Labute approximate surface area is 132 Å². The number of benzene rings is 1. The maximum atomic E-state index is 3.60. The molecule has 0 spiro atoms. The zero-order valence-electron chi connectivity index (χ0n) is 13.4. The number of halogens is 1. The van der Waals surface area contributed by atoms with Crippen LogP contribution in [-0.2, 0) is 6.54 Å². The first kappa shape index (κ1) is 15.8. The van der Waals surface area contributed by atoms with Crippen LogP contribution in [0.3, 0.4) is 0 Å². The van der Waals surface area contributed by atoms with Gasteiger partial charge in [-0.15, -0.1) is 0 Å². The van der Waals surface area contributed by atoms with Crippen molar-refractivity contribution in [3.8, 4) is 0 Å². The minimum absolute atomic E-state index is 0.143. The first-order valence-corrected chi connectivity index (χ1v) is 8.24. The molecular weight excluding hydrogens is 312 g/mol. The molecule has 3 heteroatoms. The van der Waals surface area contributed by atoms with E-state index < -0.39 is 0 Å². The quantitative estimate of drug-likeness (QED) is 0.868. The minimum Gasteiger partial charge on any atom is -0.371 e. The summed E-state index contributed by atoms with van der Waals surface area (Å²) in [6.45, 7) is 14.6. The summed E-state index contributed by atoms with van der Waals surface area (Å²) in [6.07, 6.45) is 1.27. The molecule has 1 aliphatic rings. The van der Waals surface area contributed by atoms with Crippen LogP contribution in [0.2, 0.25) is 0 Å². The molecule has 0 saturated carbocycles. The van der Waals surface area contributed by atoms with Gasteiger partial charge in [-0.3, -0.25) is 0 Å². The van der Waals surface area contributed by atoms with E-state index in [4.69, 9.17) is 0 Å². The first-order valence-electron chi connectivity index (χ1n) is 7.45. The van der Waals surface area contributed by atoms with E-state index in [9.17, 15) is 0 Å². The van der Waals surface area contributed by atoms with E-state index in [0.717, 1.165) is 24.1 Å². The number of hydrogen-bond acceptors (Lipinski definition) is 2. The van der Waals surface area contributed by atoms with Crippen LogP contribution in [0.25, 0.3) is 0 Å². The number of nitrogens with one attached hydrogen (secondary N) is 1. The number of rotatable bonds is 3. The fourth-order valence-corrected chi connectivity index (χ4v) is 3.09. The summed E-state index contributed by atoms with van der Waals surface area (Å²) in [4.78, 5) is 2.53. The Morgan fingerprint density at radius 3 is 2.55 bits per heavy atom. The van der Waals surface area contributed by atoms with Gasteiger partial charge in [0.05, 0.1) is 0 Å². The molecule has 2 rings (SSSR count). The molecule has 2 nitrogen and oxygen atoms in total. The maximum Gasteiger partial charge on any atom is 0.0412 e. The number of nitrogens with zero attached hydrogens (tertiary/aromatic N) is 1. The van der Waals surface area contributed by atoms with E-state index in [2.05, 4.69) is 79.0 Å². The smallest absolute Gasteiger partial charge is 0.0412 e. The van der Waals surface area contributed by atoms with Crippen molar-refractivity contribution in [2.75, 3.05) is 18.0 Å². The molecule has 1 aromatic rings. The van der Waals surface area contributed by atoms with Crippen molar-refractivity contribution in [3.05, 3.63) is 28.2 Å². The van der Waals surface area contributed by atoms with Gasteiger partial charge in [-0.25, -0.2) is 0 Å². The third-order valence-corrected chi connectivity index (χ3v) is 4.36. The lowest BCUT2D eigenvalue weighted by Gasteiger charge is -2.27. The van der Waals surface area contributed by atoms with Crippen molar-refractivity contribution in [2.24, 2.45) is 5.41 Å². The molecule has 1 fully saturated rings. The second-order valence-corrected chi connectivity index (χ2v) is 8.63. The Morgan fingerprint density at radius 2 is 2.00 bits per heavy atom. The molecule has 0 amide bonds. The highest BCUT2D eigenvalue weighted by molar-refractivity contribution is 9.10. The highest BCUT2D eigenvalue weighted by atomic mass is 79.9. The van der Waals surface area contributed by atoms with Crippen LogP contribution in [0.4, 0.5) is 5.69 Å². The lowest BCUT2D eigenvalue weighted by molar-refractivity contribution is 0.417. The van der Waals surface area contributed by atoms with E-state index in [1.165, 1.54) is 17.7 Å². The summed E-state index contributed by atoms with van der Waals surface area (Å²) in [7, 11) is 0. The average molecular weight is 339 g/mol. The summed E-state index contributed by atoms with van der Waals surface area (Å²) in [5, 5.41) is 3.60. The van der Waals surface area contributed by atoms with Gasteiger partial charge in [-0.1, -0.05) is 29.8 Å². The summed E-state index contributed by atoms with van der Waals surface area (Å²) >= 11 is 3.60. The number of anilines is 1. The van der Waals surface area contributed by atoms with Gasteiger partial charge in [0.1, 0.15) is 0 Å². The largest absolute Gasteiger partial charge is 0.371 e. The molecule has 1 aliphatic heterocycles. The molecule has 0 unspecified atom stereocenters. The van der Waals surface area contributed by atoms with Crippen LogP contribution in [0, 0.1) is 5.41 Å². The van der Waals surface area contributed by atoms with Gasteiger partial charge in [0.25, 0.3) is 0 Å². The Morgan fingerprint density at radius 1 is 1.30 bits per heavy atom. The summed E-state index contributed by atoms with van der Waals surface area (Å²) < 4.78 is 1.16. The monoisotopic (exact) mass is 338 g/mol. The molecule has 0 aromatic heterocycles. The SMILES string of the molecule is CC1(C)CCN(c2ccc(Br)cc2CNC(C)(C)C)C1. The van der Waals surface area contributed by atoms with Gasteiger partial charge in [-0.2, -0.15) is 0 Å². The van der Waals surface area contributed by atoms with Crippen LogP contribution in [0.15, 0.2) is 22.7 Å².